The predicted molar refractivity (Wildman–Crippen MR) is 134 cm³/mol. The summed E-state index contributed by atoms with van der Waals surface area (Å²) >= 11 is 0. The largest absolute Gasteiger partial charge is 0.493 e. The van der Waals surface area contributed by atoms with Gasteiger partial charge >= 0.3 is 6.18 Å². The second-order valence-electron chi connectivity index (χ2n) is 8.70. The van der Waals surface area contributed by atoms with Gasteiger partial charge in [0.15, 0.2) is 11.5 Å². The predicted octanol–water partition coefficient (Wildman–Crippen LogP) is 4.38. The van der Waals surface area contributed by atoms with Gasteiger partial charge in [-0.3, -0.25) is 4.79 Å². The van der Waals surface area contributed by atoms with Crippen molar-refractivity contribution in [3.63, 3.8) is 0 Å². The standard InChI is InChI=1S/C27H26F3N5O3/c1-37-22-10-9-19(14-23(22)38-2)20-15-24(34-26(33-20)27(28,29)30)35-13-3-4-21(35)25(36)32-12-11-17-5-7-18(16-31)8-6-17/h5-10,14-15,21H,3-4,11-13H2,1-2H3,(H,32,36)/t21-/m0/s1. The lowest BCUT2D eigenvalue weighted by molar-refractivity contribution is -0.144. The van der Waals surface area contributed by atoms with E-state index in [-0.39, 0.29) is 17.4 Å². The number of anilines is 1. The van der Waals surface area contributed by atoms with Crippen LogP contribution in [-0.2, 0) is 17.4 Å². The summed E-state index contributed by atoms with van der Waals surface area (Å²) in [6.07, 6.45) is -3.11. The number of carbonyl (C=O) groups is 1. The highest BCUT2D eigenvalue weighted by Gasteiger charge is 2.38. The summed E-state index contributed by atoms with van der Waals surface area (Å²) in [5, 5.41) is 11.8. The molecule has 0 spiro atoms. The van der Waals surface area contributed by atoms with E-state index in [1.54, 1.807) is 35.2 Å². The van der Waals surface area contributed by atoms with E-state index in [1.807, 2.05) is 12.1 Å². The summed E-state index contributed by atoms with van der Waals surface area (Å²) < 4.78 is 51.8. The third-order valence-electron chi connectivity index (χ3n) is 6.29. The Morgan fingerprint density at radius 2 is 1.84 bits per heavy atom. The summed E-state index contributed by atoms with van der Waals surface area (Å²) in [6.45, 7) is 0.733. The molecule has 1 fully saturated rings. The lowest BCUT2D eigenvalue weighted by Crippen LogP contribution is -2.44. The van der Waals surface area contributed by atoms with Crippen molar-refractivity contribution in [3.05, 3.63) is 65.5 Å². The number of hydrogen-bond acceptors (Lipinski definition) is 7. The number of rotatable bonds is 8. The highest BCUT2D eigenvalue weighted by atomic mass is 19.4. The van der Waals surface area contributed by atoms with Gasteiger partial charge in [-0.2, -0.15) is 18.4 Å². The van der Waals surface area contributed by atoms with Gasteiger partial charge in [-0.1, -0.05) is 12.1 Å². The molecule has 0 radical (unpaired) electrons. The van der Waals surface area contributed by atoms with Crippen molar-refractivity contribution in [1.29, 1.82) is 5.26 Å². The zero-order valence-corrected chi connectivity index (χ0v) is 20.9. The van der Waals surface area contributed by atoms with E-state index in [0.717, 1.165) is 5.56 Å². The minimum Gasteiger partial charge on any atom is -0.493 e. The second-order valence-corrected chi connectivity index (χ2v) is 8.70. The molecule has 1 amide bonds. The van der Waals surface area contributed by atoms with Crippen molar-refractivity contribution < 1.29 is 27.4 Å². The molecular weight excluding hydrogens is 499 g/mol. The molecule has 1 saturated heterocycles. The number of carbonyl (C=O) groups excluding carboxylic acids is 1. The van der Waals surface area contributed by atoms with Crippen molar-refractivity contribution >= 4 is 11.7 Å². The Labute approximate surface area is 218 Å². The third-order valence-corrected chi connectivity index (χ3v) is 6.29. The normalized spacial score (nSPS) is 15.2. The lowest BCUT2D eigenvalue weighted by atomic mass is 10.1. The van der Waals surface area contributed by atoms with E-state index in [1.165, 1.54) is 20.3 Å². The number of nitriles is 1. The molecule has 0 bridgehead atoms. The first-order chi connectivity index (χ1) is 18.2. The van der Waals surface area contributed by atoms with Gasteiger partial charge in [-0.15, -0.1) is 0 Å². The van der Waals surface area contributed by atoms with Gasteiger partial charge < -0.3 is 19.7 Å². The Hall–Kier alpha value is -4.33. The summed E-state index contributed by atoms with van der Waals surface area (Å²) in [5.74, 6) is -0.761. The van der Waals surface area contributed by atoms with Crippen molar-refractivity contribution in [3.8, 4) is 28.8 Å². The first-order valence-electron chi connectivity index (χ1n) is 12.0. The van der Waals surface area contributed by atoms with Crippen LogP contribution in [0, 0.1) is 11.3 Å². The molecule has 4 rings (SSSR count). The molecule has 1 atom stereocenters. The molecule has 0 saturated carbocycles. The van der Waals surface area contributed by atoms with Crippen LogP contribution in [0.1, 0.15) is 29.8 Å². The number of benzene rings is 2. The zero-order valence-electron chi connectivity index (χ0n) is 20.9. The lowest BCUT2D eigenvalue weighted by Gasteiger charge is -2.26. The second kappa shape index (κ2) is 11.4. The number of alkyl halides is 3. The molecule has 11 heteroatoms. The maximum Gasteiger partial charge on any atom is 0.451 e. The van der Waals surface area contributed by atoms with Crippen LogP contribution in [0.3, 0.4) is 0 Å². The van der Waals surface area contributed by atoms with E-state index in [2.05, 4.69) is 21.4 Å². The summed E-state index contributed by atoms with van der Waals surface area (Å²) in [7, 11) is 2.90. The molecule has 3 aromatic rings. The molecule has 8 nitrogen and oxygen atoms in total. The summed E-state index contributed by atoms with van der Waals surface area (Å²) in [4.78, 5) is 22.2. The van der Waals surface area contributed by atoms with E-state index < -0.39 is 18.0 Å². The van der Waals surface area contributed by atoms with E-state index in [0.29, 0.717) is 55.0 Å². The Morgan fingerprint density at radius 3 is 2.50 bits per heavy atom. The molecule has 2 aromatic carbocycles. The van der Waals surface area contributed by atoms with Crippen LogP contribution >= 0.6 is 0 Å². The average Bonchev–Trinajstić information content (AvgIpc) is 3.42. The molecule has 0 unspecified atom stereocenters. The number of halogens is 3. The van der Waals surface area contributed by atoms with Crippen LogP contribution in [0.2, 0.25) is 0 Å². The van der Waals surface area contributed by atoms with Crippen LogP contribution < -0.4 is 19.7 Å². The van der Waals surface area contributed by atoms with Crippen molar-refractivity contribution in [2.45, 2.75) is 31.5 Å². The molecule has 38 heavy (non-hydrogen) atoms. The number of aromatic nitrogens is 2. The molecule has 1 aliphatic rings. The molecule has 0 aliphatic carbocycles. The fraction of sp³-hybridized carbons (Fsp3) is 0.333. The van der Waals surface area contributed by atoms with Gasteiger partial charge in [0.05, 0.1) is 31.5 Å². The monoisotopic (exact) mass is 525 g/mol. The third kappa shape index (κ3) is 5.96. The first kappa shape index (κ1) is 26.7. The molecular formula is C27H26F3N5O3. The van der Waals surface area contributed by atoms with Crippen molar-refractivity contribution in [2.24, 2.45) is 0 Å². The number of methoxy groups -OCH3 is 2. The maximum atomic E-state index is 13.8. The molecule has 198 valence electrons. The molecule has 2 heterocycles. The van der Waals surface area contributed by atoms with E-state index >= 15 is 0 Å². The van der Waals surface area contributed by atoms with Crippen LogP contribution in [0.25, 0.3) is 11.3 Å². The number of nitrogens with one attached hydrogen (secondary N) is 1. The zero-order chi connectivity index (χ0) is 27.3. The van der Waals surface area contributed by atoms with Gasteiger partial charge in [0.2, 0.25) is 11.7 Å². The van der Waals surface area contributed by atoms with Gasteiger partial charge in [0, 0.05) is 24.7 Å². The van der Waals surface area contributed by atoms with Crippen molar-refractivity contribution in [1.82, 2.24) is 15.3 Å². The fourth-order valence-electron chi connectivity index (χ4n) is 4.36. The SMILES string of the molecule is COc1ccc(-c2cc(N3CCC[C@H]3C(=O)NCCc3ccc(C#N)cc3)nc(C(F)(F)F)n2)cc1OC. The Bertz CT molecular complexity index is 1340. The van der Waals surface area contributed by atoms with Crippen LogP contribution in [0.4, 0.5) is 19.0 Å². The number of nitrogens with zero attached hydrogens (tertiary/aromatic N) is 4. The Kier molecular flexibility index (Phi) is 8.00. The summed E-state index contributed by atoms with van der Waals surface area (Å²) in [5.41, 5.74) is 1.95. The highest BCUT2D eigenvalue weighted by Crippen LogP contribution is 2.36. The number of amides is 1. The minimum atomic E-state index is -4.78. The first-order valence-corrected chi connectivity index (χ1v) is 12.0. The van der Waals surface area contributed by atoms with Crippen molar-refractivity contribution in [2.75, 3.05) is 32.2 Å². The number of hydrogen-bond donors (Lipinski definition) is 1. The van der Waals surface area contributed by atoms with Gasteiger partial charge in [-0.05, 0) is 55.2 Å². The molecule has 1 N–H and O–H groups in total. The minimum absolute atomic E-state index is 0.0295. The van der Waals surface area contributed by atoms with Gasteiger partial charge in [0.1, 0.15) is 11.9 Å². The maximum absolute atomic E-state index is 13.8. The van der Waals surface area contributed by atoms with Crippen LogP contribution in [0.5, 0.6) is 11.5 Å². The fourth-order valence-corrected chi connectivity index (χ4v) is 4.36. The van der Waals surface area contributed by atoms with E-state index in [9.17, 15) is 18.0 Å². The van der Waals surface area contributed by atoms with Crippen LogP contribution in [-0.4, -0.2) is 49.2 Å². The Morgan fingerprint density at radius 1 is 1.11 bits per heavy atom. The van der Waals surface area contributed by atoms with E-state index in [4.69, 9.17) is 14.7 Å². The van der Waals surface area contributed by atoms with Gasteiger partial charge in [0.25, 0.3) is 0 Å². The molecule has 1 aromatic heterocycles. The topological polar surface area (TPSA) is 100 Å². The highest BCUT2D eigenvalue weighted by molar-refractivity contribution is 5.85. The van der Waals surface area contributed by atoms with Crippen LogP contribution in [0.15, 0.2) is 48.5 Å². The number of ether oxygens (including phenoxy) is 2. The molecule has 1 aliphatic heterocycles. The Balaban J connectivity index is 1.56. The summed E-state index contributed by atoms with van der Waals surface area (Å²) in [6, 6.07) is 14.6. The average molecular weight is 526 g/mol. The quantitative estimate of drug-likeness (QED) is 0.466. The van der Waals surface area contributed by atoms with Gasteiger partial charge in [-0.25, -0.2) is 9.97 Å². The smallest absolute Gasteiger partial charge is 0.451 e.